The van der Waals surface area contributed by atoms with Crippen LogP contribution in [0.4, 0.5) is 4.79 Å². The lowest BCUT2D eigenvalue weighted by Crippen LogP contribution is -2.67. The third kappa shape index (κ3) is 4.74. The molecule has 44 heavy (non-hydrogen) atoms. The Balaban J connectivity index is 1.33. The van der Waals surface area contributed by atoms with Crippen LogP contribution in [-0.4, -0.2) is 47.1 Å². The number of alkyl carbamates (subject to hydrolysis) is 1. The van der Waals surface area contributed by atoms with E-state index in [4.69, 9.17) is 9.47 Å². The van der Waals surface area contributed by atoms with Gasteiger partial charge in [-0.1, -0.05) is 48.5 Å². The molecule has 246 valence electrons. The number of carbonyl (C=O) groups excluding carboxylic acids is 3. The quantitative estimate of drug-likeness (QED) is 0.316. The van der Waals surface area contributed by atoms with Gasteiger partial charge in [-0.15, -0.1) is 0 Å². The summed E-state index contributed by atoms with van der Waals surface area (Å²) >= 11 is 1.92. The Labute approximate surface area is 270 Å². The minimum Gasteiger partial charge on any atom is -0.462 e. The van der Waals surface area contributed by atoms with Crippen LogP contribution in [0.5, 0.6) is 0 Å². The second-order valence-corrected chi connectivity index (χ2v) is 18.3. The Bertz CT molecular complexity index is 1240. The molecule has 0 bridgehead atoms. The maximum Gasteiger partial charge on any atom is 0.408 e. The summed E-state index contributed by atoms with van der Waals surface area (Å²) in [6.45, 7) is 18.2. The third-order valence-electron chi connectivity index (χ3n) is 14.5. The Morgan fingerprint density at radius 2 is 1.55 bits per heavy atom. The molecule has 1 saturated heterocycles. The van der Waals surface area contributed by atoms with Gasteiger partial charge in [-0.25, -0.2) is 4.79 Å². The van der Waals surface area contributed by atoms with E-state index in [0.29, 0.717) is 18.3 Å². The third-order valence-corrected chi connectivity index (χ3v) is 15.5. The van der Waals surface area contributed by atoms with Crippen LogP contribution in [0.1, 0.15) is 126 Å². The molecule has 0 spiro atoms. The molecule has 0 aromatic heterocycles. The van der Waals surface area contributed by atoms with Gasteiger partial charge >= 0.3 is 12.1 Å². The Kier molecular flexibility index (Phi) is 8.14. The molecular weight excluding hydrogens is 570 g/mol. The van der Waals surface area contributed by atoms with E-state index >= 15 is 0 Å². The summed E-state index contributed by atoms with van der Waals surface area (Å²) in [6, 6.07) is 0. The lowest BCUT2D eigenvalue weighted by atomic mass is 9.33. The molecule has 8 atom stereocenters. The van der Waals surface area contributed by atoms with Crippen molar-refractivity contribution in [3.8, 4) is 0 Å². The van der Waals surface area contributed by atoms with Gasteiger partial charge < -0.3 is 14.8 Å². The van der Waals surface area contributed by atoms with E-state index in [1.54, 1.807) is 6.92 Å². The highest BCUT2D eigenvalue weighted by molar-refractivity contribution is 7.99. The van der Waals surface area contributed by atoms with E-state index < -0.39 is 5.54 Å². The first-order chi connectivity index (χ1) is 20.6. The van der Waals surface area contributed by atoms with E-state index in [-0.39, 0.29) is 63.5 Å². The van der Waals surface area contributed by atoms with Crippen LogP contribution in [0.25, 0.3) is 0 Å². The summed E-state index contributed by atoms with van der Waals surface area (Å²) < 4.78 is 11.9. The fourth-order valence-corrected chi connectivity index (χ4v) is 13.4. The minimum absolute atomic E-state index is 0.0221. The van der Waals surface area contributed by atoms with Crippen LogP contribution >= 0.6 is 11.8 Å². The van der Waals surface area contributed by atoms with Gasteiger partial charge in [-0.2, -0.15) is 11.8 Å². The van der Waals surface area contributed by atoms with E-state index in [0.717, 1.165) is 81.3 Å². The number of nitrogens with one attached hydrogen (secondary N) is 1. The van der Waals surface area contributed by atoms with Crippen molar-refractivity contribution in [2.45, 2.75) is 144 Å². The summed E-state index contributed by atoms with van der Waals surface area (Å²) in [7, 11) is 0. The van der Waals surface area contributed by atoms with Crippen LogP contribution in [0.2, 0.25) is 0 Å². The molecule has 6 nitrogen and oxygen atoms in total. The number of hydrogen-bond acceptors (Lipinski definition) is 6. The van der Waals surface area contributed by atoms with Crippen molar-refractivity contribution in [2.75, 3.05) is 11.5 Å². The van der Waals surface area contributed by atoms with Crippen LogP contribution in [0, 0.1) is 45.3 Å². The molecule has 0 aromatic rings. The predicted molar refractivity (Wildman–Crippen MR) is 175 cm³/mol. The van der Waals surface area contributed by atoms with Crippen molar-refractivity contribution in [2.24, 2.45) is 45.3 Å². The van der Waals surface area contributed by atoms with Gasteiger partial charge in [0.1, 0.15) is 12.2 Å². The molecule has 1 heterocycles. The van der Waals surface area contributed by atoms with Gasteiger partial charge in [0.15, 0.2) is 5.78 Å². The number of thioether (sulfide) groups is 1. The van der Waals surface area contributed by atoms with Crippen molar-refractivity contribution in [3.63, 3.8) is 0 Å². The lowest BCUT2D eigenvalue weighted by Gasteiger charge is -2.72. The number of allylic oxidation sites excluding steroid dienone is 1. The largest absolute Gasteiger partial charge is 0.462 e. The van der Waals surface area contributed by atoms with Crippen molar-refractivity contribution in [1.82, 2.24) is 5.32 Å². The molecule has 0 radical (unpaired) electrons. The van der Waals surface area contributed by atoms with Crippen LogP contribution in [0.3, 0.4) is 0 Å². The highest BCUT2D eigenvalue weighted by Gasteiger charge is 2.70. The number of hydrogen-bond donors (Lipinski definition) is 1. The number of carbonyl (C=O) groups is 3. The van der Waals surface area contributed by atoms with Crippen LogP contribution < -0.4 is 5.32 Å². The maximum atomic E-state index is 13.8. The van der Waals surface area contributed by atoms with Crippen molar-refractivity contribution in [3.05, 3.63) is 11.1 Å². The Hall–Kier alpha value is -1.50. The van der Waals surface area contributed by atoms with Crippen molar-refractivity contribution < 1.29 is 23.9 Å². The van der Waals surface area contributed by atoms with E-state index in [1.165, 1.54) is 5.57 Å². The summed E-state index contributed by atoms with van der Waals surface area (Å²) in [5.74, 6) is 3.61. The monoisotopic (exact) mass is 627 g/mol. The number of rotatable bonds is 4. The van der Waals surface area contributed by atoms with E-state index in [2.05, 4.69) is 53.8 Å². The van der Waals surface area contributed by atoms with Crippen molar-refractivity contribution >= 4 is 29.6 Å². The van der Waals surface area contributed by atoms with E-state index in [1.807, 2.05) is 11.8 Å². The number of Topliss-reactive ketones (excluding diaryl/α,β-unsaturated/α-hetero) is 1. The summed E-state index contributed by atoms with van der Waals surface area (Å²) in [5, 5.41) is 3.39. The average molecular weight is 628 g/mol. The van der Waals surface area contributed by atoms with Gasteiger partial charge in [0.25, 0.3) is 0 Å². The molecule has 1 aliphatic heterocycles. The first kappa shape index (κ1) is 32.4. The molecule has 0 aromatic carbocycles. The highest BCUT2D eigenvalue weighted by atomic mass is 32.2. The molecule has 4 saturated carbocycles. The number of fused-ring (bicyclic) bond motifs is 7. The summed E-state index contributed by atoms with van der Waals surface area (Å²) in [5.41, 5.74) is 1.90. The lowest BCUT2D eigenvalue weighted by molar-refractivity contribution is -0.231. The number of ketones is 1. The average Bonchev–Trinajstić information content (AvgIpc) is 3.22. The van der Waals surface area contributed by atoms with E-state index in [9.17, 15) is 14.4 Å². The molecular formula is C37H57NO5S. The molecule has 6 aliphatic rings. The zero-order valence-corrected chi connectivity index (χ0v) is 29.4. The van der Waals surface area contributed by atoms with Crippen molar-refractivity contribution in [1.29, 1.82) is 0 Å². The fourth-order valence-electron chi connectivity index (χ4n) is 12.3. The van der Waals surface area contributed by atoms with Crippen LogP contribution in [0.15, 0.2) is 11.1 Å². The summed E-state index contributed by atoms with van der Waals surface area (Å²) in [4.78, 5) is 39.3. The smallest absolute Gasteiger partial charge is 0.408 e. The predicted octanol–water partition coefficient (Wildman–Crippen LogP) is 8.27. The normalized spacial score (nSPS) is 43.4. The molecule has 5 fully saturated rings. The molecule has 5 aliphatic carbocycles. The zero-order chi connectivity index (χ0) is 31.9. The molecule has 6 rings (SSSR count). The first-order valence-corrected chi connectivity index (χ1v) is 18.8. The second-order valence-electron chi connectivity index (χ2n) is 17.1. The number of ether oxygens (including phenoxy) is 2. The number of amides is 1. The Morgan fingerprint density at radius 3 is 2.20 bits per heavy atom. The first-order valence-electron chi connectivity index (χ1n) is 17.6. The van der Waals surface area contributed by atoms with Gasteiger partial charge in [0, 0.05) is 18.8 Å². The fraction of sp³-hybridized carbons (Fsp3) is 0.865. The van der Waals surface area contributed by atoms with Gasteiger partial charge in [-0.3, -0.25) is 9.59 Å². The molecule has 3 unspecified atom stereocenters. The summed E-state index contributed by atoms with van der Waals surface area (Å²) in [6.07, 6.45) is 10.1. The molecule has 1 N–H and O–H groups in total. The van der Waals surface area contributed by atoms with Gasteiger partial charge in [0.2, 0.25) is 0 Å². The molecule has 1 amide bonds. The Morgan fingerprint density at radius 1 is 0.841 bits per heavy atom. The van der Waals surface area contributed by atoms with Gasteiger partial charge in [-0.05, 0) is 127 Å². The second kappa shape index (κ2) is 11.0. The highest BCUT2D eigenvalue weighted by Crippen LogP contribution is 2.75. The topological polar surface area (TPSA) is 81.7 Å². The maximum absolute atomic E-state index is 13.8. The number of esters is 1. The SMILES string of the molecule is CC(=O)O[C@H]1CC[C@@]2(C)C(CC[C@]3(C)C2CCC2C4=C(C(C)C)C(=O)C[C@]4(NC(=O)OC4CCSCC4)CC[C@]23C)C1(C)C. The van der Waals surface area contributed by atoms with Crippen LogP contribution in [-0.2, 0) is 19.1 Å². The minimum atomic E-state index is -0.615. The molecule has 7 heteroatoms. The van der Waals surface area contributed by atoms with Gasteiger partial charge in [0.05, 0.1) is 5.54 Å². The zero-order valence-electron chi connectivity index (χ0n) is 28.6. The standard InChI is InChI=1S/C37H57NO5S/c1-22(2)30-26(40)21-37(38-32(41)43-24-13-19-44-20-14-24)18-17-35(7)25(31(30)37)9-10-28-34(6)15-12-29(42-23(3)39)33(4,5)27(34)11-16-36(28,35)8/h22,24-25,27-29H,9-21H2,1-8H3,(H,38,41)/t25?,27?,28?,29-,34-,35+,36+,37+/m0/s1.